The highest BCUT2D eigenvalue weighted by Gasteiger charge is 2.15. The summed E-state index contributed by atoms with van der Waals surface area (Å²) < 4.78 is 6.93. The summed E-state index contributed by atoms with van der Waals surface area (Å²) in [6, 6.07) is 1.71. The van der Waals surface area contributed by atoms with Gasteiger partial charge in [0.05, 0.1) is 25.1 Å². The number of aromatic nitrogens is 2. The topological polar surface area (TPSA) is 59.4 Å². The van der Waals surface area contributed by atoms with Gasteiger partial charge in [0.2, 0.25) is 0 Å². The maximum Gasteiger partial charge on any atom is 0.268 e. The monoisotopic (exact) mass is 292 g/mol. The number of ether oxygens (including phenoxy) is 1. The normalized spacial score (nSPS) is 23.2. The summed E-state index contributed by atoms with van der Waals surface area (Å²) in [4.78, 5) is 14.3. The Morgan fingerprint density at radius 3 is 2.95 bits per heavy atom. The average Bonchev–Trinajstić information content (AvgIpc) is 2.55. The van der Waals surface area contributed by atoms with Crippen LogP contribution in [0.15, 0.2) is 17.1 Å². The first kappa shape index (κ1) is 14.5. The van der Waals surface area contributed by atoms with E-state index in [-0.39, 0.29) is 5.56 Å². The number of morpholine rings is 1. The van der Waals surface area contributed by atoms with Crippen LogP contribution in [-0.4, -0.2) is 49.2 Å². The van der Waals surface area contributed by atoms with Crippen molar-refractivity contribution in [3.05, 3.63) is 22.6 Å². The van der Waals surface area contributed by atoms with Gasteiger partial charge in [-0.05, 0) is 38.3 Å². The highest BCUT2D eigenvalue weighted by molar-refractivity contribution is 5.43. The van der Waals surface area contributed by atoms with Gasteiger partial charge in [-0.1, -0.05) is 0 Å². The Balaban J connectivity index is 1.59. The quantitative estimate of drug-likeness (QED) is 0.874. The number of hydrogen-bond acceptors (Lipinski definition) is 5. The van der Waals surface area contributed by atoms with Crippen LogP contribution in [0, 0.1) is 5.92 Å². The van der Waals surface area contributed by atoms with Gasteiger partial charge in [0, 0.05) is 25.7 Å². The van der Waals surface area contributed by atoms with E-state index in [1.165, 1.54) is 12.8 Å². The van der Waals surface area contributed by atoms with Gasteiger partial charge in [0.15, 0.2) is 0 Å². The minimum absolute atomic E-state index is 0.00256. The fourth-order valence-electron chi connectivity index (χ4n) is 3.06. The molecule has 6 nitrogen and oxygen atoms in total. The van der Waals surface area contributed by atoms with Crippen LogP contribution in [0.5, 0.6) is 0 Å². The summed E-state index contributed by atoms with van der Waals surface area (Å²) in [5.41, 5.74) is 0.918. The zero-order valence-electron chi connectivity index (χ0n) is 12.5. The van der Waals surface area contributed by atoms with E-state index < -0.39 is 0 Å². The summed E-state index contributed by atoms with van der Waals surface area (Å²) in [6.07, 6.45) is 5.33. The van der Waals surface area contributed by atoms with Crippen molar-refractivity contribution >= 4 is 5.69 Å². The molecular weight excluding hydrogens is 268 g/mol. The molecule has 21 heavy (non-hydrogen) atoms. The van der Waals surface area contributed by atoms with Crippen molar-refractivity contribution in [1.29, 1.82) is 0 Å². The maximum absolute atomic E-state index is 12.2. The Bertz CT molecular complexity index is 505. The van der Waals surface area contributed by atoms with Crippen LogP contribution in [0.4, 0.5) is 5.69 Å². The van der Waals surface area contributed by atoms with Crippen LogP contribution in [0.1, 0.15) is 19.3 Å². The lowest BCUT2D eigenvalue weighted by molar-refractivity contribution is 0.122. The van der Waals surface area contributed by atoms with Gasteiger partial charge in [-0.15, -0.1) is 0 Å². The molecule has 2 saturated heterocycles. The molecule has 0 amide bonds. The lowest BCUT2D eigenvalue weighted by Gasteiger charge is -2.28. The van der Waals surface area contributed by atoms with E-state index in [0.717, 1.165) is 51.5 Å². The van der Waals surface area contributed by atoms with Crippen molar-refractivity contribution in [1.82, 2.24) is 15.1 Å². The van der Waals surface area contributed by atoms with E-state index in [9.17, 15) is 4.79 Å². The Kier molecular flexibility index (Phi) is 4.87. The van der Waals surface area contributed by atoms with E-state index in [1.54, 1.807) is 10.7 Å². The Labute approximate surface area is 125 Å². The molecule has 6 heteroatoms. The van der Waals surface area contributed by atoms with Crippen molar-refractivity contribution < 1.29 is 4.74 Å². The lowest BCUT2D eigenvalue weighted by Crippen LogP contribution is -2.37. The number of nitrogens with one attached hydrogen (secondary N) is 1. The van der Waals surface area contributed by atoms with E-state index in [1.807, 2.05) is 6.20 Å². The van der Waals surface area contributed by atoms with Crippen molar-refractivity contribution in [3.63, 3.8) is 0 Å². The zero-order valence-corrected chi connectivity index (χ0v) is 12.5. The summed E-state index contributed by atoms with van der Waals surface area (Å²) in [5.74, 6) is 0.673. The molecule has 0 aliphatic carbocycles. The van der Waals surface area contributed by atoms with E-state index in [4.69, 9.17) is 4.74 Å². The van der Waals surface area contributed by atoms with Crippen LogP contribution >= 0.6 is 0 Å². The molecule has 1 atom stereocenters. The van der Waals surface area contributed by atoms with Crippen molar-refractivity contribution in [2.24, 2.45) is 5.92 Å². The van der Waals surface area contributed by atoms with Crippen molar-refractivity contribution in [2.75, 3.05) is 44.3 Å². The van der Waals surface area contributed by atoms with Gasteiger partial charge in [0.1, 0.15) is 0 Å². The van der Waals surface area contributed by atoms with E-state index in [2.05, 4.69) is 15.3 Å². The molecule has 1 N–H and O–H groups in total. The Morgan fingerprint density at radius 2 is 2.24 bits per heavy atom. The lowest BCUT2D eigenvalue weighted by atomic mass is 9.96. The molecule has 2 aliphatic rings. The van der Waals surface area contributed by atoms with Gasteiger partial charge in [-0.25, -0.2) is 4.68 Å². The predicted molar refractivity (Wildman–Crippen MR) is 81.7 cm³/mol. The minimum Gasteiger partial charge on any atom is -0.378 e. The minimum atomic E-state index is 0.00256. The molecule has 1 aromatic rings. The first-order chi connectivity index (χ1) is 10.3. The second kappa shape index (κ2) is 7.04. The number of anilines is 1. The fraction of sp³-hybridized carbons (Fsp3) is 0.733. The van der Waals surface area contributed by atoms with Crippen LogP contribution in [-0.2, 0) is 11.3 Å². The number of piperidine rings is 1. The third-order valence-corrected chi connectivity index (χ3v) is 4.38. The molecule has 0 saturated carbocycles. The summed E-state index contributed by atoms with van der Waals surface area (Å²) in [5, 5.41) is 7.75. The third kappa shape index (κ3) is 3.83. The molecule has 2 fully saturated rings. The van der Waals surface area contributed by atoms with Crippen LogP contribution in [0.25, 0.3) is 0 Å². The van der Waals surface area contributed by atoms with Gasteiger partial charge in [0.25, 0.3) is 5.56 Å². The number of aryl methyl sites for hydroxylation is 1. The fourth-order valence-corrected chi connectivity index (χ4v) is 3.06. The second-order valence-corrected chi connectivity index (χ2v) is 5.88. The maximum atomic E-state index is 12.2. The second-order valence-electron chi connectivity index (χ2n) is 5.88. The molecule has 1 aromatic heterocycles. The molecule has 0 spiro atoms. The van der Waals surface area contributed by atoms with E-state index in [0.29, 0.717) is 12.5 Å². The standard InChI is InChI=1S/C15H24N4O2/c20-15-10-14(18-6-8-21-9-7-18)12-17-19(15)5-3-13-2-1-4-16-11-13/h10,12-13,16H,1-9,11H2. The van der Waals surface area contributed by atoms with Crippen LogP contribution in [0.2, 0.25) is 0 Å². The molecule has 1 unspecified atom stereocenters. The first-order valence-electron chi connectivity index (χ1n) is 7.93. The largest absolute Gasteiger partial charge is 0.378 e. The Morgan fingerprint density at radius 1 is 1.38 bits per heavy atom. The summed E-state index contributed by atoms with van der Waals surface area (Å²) in [6.45, 7) is 6.02. The van der Waals surface area contributed by atoms with E-state index >= 15 is 0 Å². The molecule has 0 aromatic carbocycles. The van der Waals surface area contributed by atoms with Crippen LogP contribution in [0.3, 0.4) is 0 Å². The SMILES string of the molecule is O=c1cc(N2CCOCC2)cnn1CCC1CCCNC1. The smallest absolute Gasteiger partial charge is 0.268 e. The zero-order chi connectivity index (χ0) is 14.5. The van der Waals surface area contributed by atoms with Crippen LogP contribution < -0.4 is 15.8 Å². The van der Waals surface area contributed by atoms with Gasteiger partial charge < -0.3 is 15.0 Å². The average molecular weight is 292 g/mol. The molecule has 3 heterocycles. The molecule has 0 radical (unpaired) electrons. The highest BCUT2D eigenvalue weighted by atomic mass is 16.5. The van der Waals surface area contributed by atoms with Gasteiger partial charge >= 0.3 is 0 Å². The van der Waals surface area contributed by atoms with Crippen molar-refractivity contribution in [2.45, 2.75) is 25.8 Å². The molecule has 2 aliphatic heterocycles. The molecule has 3 rings (SSSR count). The van der Waals surface area contributed by atoms with Gasteiger partial charge in [-0.3, -0.25) is 4.79 Å². The predicted octanol–water partition coefficient (Wildman–Crippen LogP) is 0.470. The van der Waals surface area contributed by atoms with Crippen molar-refractivity contribution in [3.8, 4) is 0 Å². The third-order valence-electron chi connectivity index (χ3n) is 4.38. The number of nitrogens with zero attached hydrogens (tertiary/aromatic N) is 3. The highest BCUT2D eigenvalue weighted by Crippen LogP contribution is 2.15. The Hall–Kier alpha value is -1.40. The summed E-state index contributed by atoms with van der Waals surface area (Å²) >= 11 is 0. The molecule has 0 bridgehead atoms. The molecular formula is C15H24N4O2. The van der Waals surface area contributed by atoms with Gasteiger partial charge in [-0.2, -0.15) is 5.10 Å². The number of hydrogen-bond donors (Lipinski definition) is 1. The molecule has 116 valence electrons. The summed E-state index contributed by atoms with van der Waals surface area (Å²) in [7, 11) is 0. The number of rotatable bonds is 4. The first-order valence-corrected chi connectivity index (χ1v) is 7.93.